The molecule has 2 aromatic rings. The van der Waals surface area contributed by atoms with Crippen LogP contribution >= 0.6 is 0 Å². The highest BCUT2D eigenvalue weighted by molar-refractivity contribution is 5.85. The zero-order valence-electron chi connectivity index (χ0n) is 20.4. The molecule has 1 unspecified atom stereocenters. The van der Waals surface area contributed by atoms with Crippen molar-refractivity contribution < 1.29 is 19.1 Å². The number of rotatable bonds is 15. The standard InChI is InChI=1S/C28H38N2O4/c1-3-21(2)27(29)28(33)30-18-17-26(32)34-20-25(31)19-24-15-13-23(14-16-24)12-8-7-11-22-9-5-4-6-10-22/h4-6,9-10,13-16,21,27H,3,7-8,11-12,17-20,29H2,1-2H3,(H,30,33)/t21-,27?/m1/s1. The zero-order valence-corrected chi connectivity index (χ0v) is 20.4. The summed E-state index contributed by atoms with van der Waals surface area (Å²) >= 11 is 0. The van der Waals surface area contributed by atoms with Gasteiger partial charge in [0.15, 0.2) is 5.78 Å². The summed E-state index contributed by atoms with van der Waals surface area (Å²) in [6.45, 7) is 3.75. The lowest BCUT2D eigenvalue weighted by atomic mass is 9.99. The number of ether oxygens (including phenoxy) is 1. The summed E-state index contributed by atoms with van der Waals surface area (Å²) < 4.78 is 5.04. The van der Waals surface area contributed by atoms with Crippen LogP contribution in [0, 0.1) is 5.92 Å². The van der Waals surface area contributed by atoms with Crippen LogP contribution in [0.5, 0.6) is 0 Å². The molecule has 0 heterocycles. The molecule has 3 N–H and O–H groups in total. The number of hydrogen-bond donors (Lipinski definition) is 2. The second-order valence-electron chi connectivity index (χ2n) is 8.84. The van der Waals surface area contributed by atoms with E-state index in [9.17, 15) is 14.4 Å². The maximum Gasteiger partial charge on any atom is 0.308 e. The van der Waals surface area contributed by atoms with E-state index >= 15 is 0 Å². The lowest BCUT2D eigenvalue weighted by molar-refractivity contribution is -0.147. The Morgan fingerprint density at radius 3 is 2.12 bits per heavy atom. The number of carbonyl (C=O) groups excluding carboxylic acids is 3. The first kappa shape index (κ1) is 27.3. The second-order valence-corrected chi connectivity index (χ2v) is 8.84. The van der Waals surface area contributed by atoms with Crippen molar-refractivity contribution in [2.24, 2.45) is 11.7 Å². The number of Topliss-reactive ketones (excluding diaryl/α,β-unsaturated/α-hetero) is 1. The summed E-state index contributed by atoms with van der Waals surface area (Å²) in [6.07, 6.45) is 5.39. The quantitative estimate of drug-likeness (QED) is 0.307. The molecule has 6 nitrogen and oxygen atoms in total. The van der Waals surface area contributed by atoms with Crippen molar-refractivity contribution in [1.82, 2.24) is 5.32 Å². The van der Waals surface area contributed by atoms with Crippen molar-refractivity contribution in [2.75, 3.05) is 13.2 Å². The van der Waals surface area contributed by atoms with E-state index in [1.54, 1.807) is 0 Å². The molecule has 0 bridgehead atoms. The molecule has 2 atom stereocenters. The summed E-state index contributed by atoms with van der Waals surface area (Å²) in [5.41, 5.74) is 9.38. The van der Waals surface area contributed by atoms with E-state index in [1.807, 2.05) is 32.0 Å². The Balaban J connectivity index is 1.60. The molecule has 0 saturated carbocycles. The first-order valence-corrected chi connectivity index (χ1v) is 12.2. The SMILES string of the molecule is CC[C@@H](C)C(N)C(=O)NCCC(=O)OCC(=O)Cc1ccc(CCCCc2ccccc2)cc1. The van der Waals surface area contributed by atoms with Gasteiger partial charge in [0.2, 0.25) is 5.91 Å². The minimum absolute atomic E-state index is 0.00517. The van der Waals surface area contributed by atoms with Crippen LogP contribution in [-0.4, -0.2) is 36.9 Å². The molecule has 34 heavy (non-hydrogen) atoms. The van der Waals surface area contributed by atoms with Gasteiger partial charge in [-0.05, 0) is 48.3 Å². The third-order valence-corrected chi connectivity index (χ3v) is 6.03. The molecule has 2 rings (SSSR count). The van der Waals surface area contributed by atoms with Crippen molar-refractivity contribution in [2.45, 2.75) is 64.8 Å². The highest BCUT2D eigenvalue weighted by Crippen LogP contribution is 2.11. The number of unbranched alkanes of at least 4 members (excludes halogenated alkanes) is 1. The molecular weight excluding hydrogens is 428 g/mol. The Morgan fingerprint density at radius 2 is 1.50 bits per heavy atom. The number of aryl methyl sites for hydroxylation is 2. The normalized spacial score (nSPS) is 12.6. The van der Waals surface area contributed by atoms with E-state index in [0.29, 0.717) is 0 Å². The van der Waals surface area contributed by atoms with Crippen LogP contribution in [0.1, 0.15) is 56.2 Å². The van der Waals surface area contributed by atoms with Gasteiger partial charge in [0, 0.05) is 13.0 Å². The van der Waals surface area contributed by atoms with Gasteiger partial charge in [-0.15, -0.1) is 0 Å². The molecule has 184 valence electrons. The van der Waals surface area contributed by atoms with Crippen LogP contribution in [0.2, 0.25) is 0 Å². The second kappa shape index (κ2) is 15.0. The molecule has 0 aliphatic rings. The van der Waals surface area contributed by atoms with E-state index in [2.05, 4.69) is 41.7 Å². The minimum atomic E-state index is -0.594. The van der Waals surface area contributed by atoms with Gasteiger partial charge in [0.05, 0.1) is 12.5 Å². The van der Waals surface area contributed by atoms with Crippen LogP contribution in [-0.2, 0) is 38.4 Å². The van der Waals surface area contributed by atoms with Crippen molar-refractivity contribution in [3.8, 4) is 0 Å². The molecule has 0 aromatic heterocycles. The van der Waals surface area contributed by atoms with E-state index in [-0.39, 0.29) is 43.6 Å². The number of carbonyl (C=O) groups is 3. The van der Waals surface area contributed by atoms with Crippen LogP contribution in [0.25, 0.3) is 0 Å². The summed E-state index contributed by atoms with van der Waals surface area (Å²) in [5, 5.41) is 2.64. The lowest BCUT2D eigenvalue weighted by Gasteiger charge is -2.17. The number of nitrogens with two attached hydrogens (primary N) is 1. The fraction of sp³-hybridized carbons (Fsp3) is 0.464. The first-order valence-electron chi connectivity index (χ1n) is 12.2. The topological polar surface area (TPSA) is 98.5 Å². The van der Waals surface area contributed by atoms with Gasteiger partial charge >= 0.3 is 5.97 Å². The number of esters is 1. The summed E-state index contributed by atoms with van der Waals surface area (Å²) in [6, 6.07) is 17.9. The Labute approximate surface area is 203 Å². The molecule has 0 spiro atoms. The zero-order chi connectivity index (χ0) is 24.8. The number of benzene rings is 2. The van der Waals surface area contributed by atoms with Crippen molar-refractivity contribution in [3.05, 3.63) is 71.3 Å². The van der Waals surface area contributed by atoms with Crippen LogP contribution in [0.3, 0.4) is 0 Å². The average Bonchev–Trinajstić information content (AvgIpc) is 2.86. The maximum absolute atomic E-state index is 12.2. The first-order chi connectivity index (χ1) is 16.4. The van der Waals surface area contributed by atoms with E-state index in [4.69, 9.17) is 10.5 Å². The van der Waals surface area contributed by atoms with Crippen molar-refractivity contribution in [1.29, 1.82) is 0 Å². The fourth-order valence-corrected chi connectivity index (χ4v) is 3.56. The molecule has 6 heteroatoms. The molecule has 0 saturated heterocycles. The van der Waals surface area contributed by atoms with Crippen molar-refractivity contribution in [3.63, 3.8) is 0 Å². The van der Waals surface area contributed by atoms with Crippen molar-refractivity contribution >= 4 is 17.7 Å². The maximum atomic E-state index is 12.2. The van der Waals surface area contributed by atoms with Crippen LogP contribution in [0.15, 0.2) is 54.6 Å². The highest BCUT2D eigenvalue weighted by atomic mass is 16.5. The summed E-state index contributed by atoms with van der Waals surface area (Å²) in [5.74, 6) is -0.889. The minimum Gasteiger partial charge on any atom is -0.458 e. The highest BCUT2D eigenvalue weighted by Gasteiger charge is 2.19. The number of amides is 1. The molecule has 0 aliphatic heterocycles. The van der Waals surface area contributed by atoms with Gasteiger partial charge in [-0.25, -0.2) is 0 Å². The van der Waals surface area contributed by atoms with Gasteiger partial charge in [-0.2, -0.15) is 0 Å². The number of ketones is 1. The van der Waals surface area contributed by atoms with Gasteiger partial charge < -0.3 is 15.8 Å². The fourth-order valence-electron chi connectivity index (χ4n) is 3.56. The average molecular weight is 467 g/mol. The summed E-state index contributed by atoms with van der Waals surface area (Å²) in [4.78, 5) is 35.9. The third-order valence-electron chi connectivity index (χ3n) is 6.03. The Kier molecular flexibility index (Phi) is 12.0. The smallest absolute Gasteiger partial charge is 0.308 e. The molecule has 0 radical (unpaired) electrons. The predicted molar refractivity (Wildman–Crippen MR) is 134 cm³/mol. The van der Waals surface area contributed by atoms with Gasteiger partial charge in [0.25, 0.3) is 0 Å². The third kappa shape index (κ3) is 10.3. The number of hydrogen-bond acceptors (Lipinski definition) is 5. The van der Waals surface area contributed by atoms with Gasteiger partial charge in [-0.3, -0.25) is 14.4 Å². The monoisotopic (exact) mass is 466 g/mol. The van der Waals surface area contributed by atoms with E-state index < -0.39 is 12.0 Å². The van der Waals surface area contributed by atoms with Crippen LogP contribution < -0.4 is 11.1 Å². The van der Waals surface area contributed by atoms with E-state index in [0.717, 1.165) is 37.7 Å². The van der Waals surface area contributed by atoms with Gasteiger partial charge in [0.1, 0.15) is 6.61 Å². The number of nitrogens with one attached hydrogen (secondary N) is 1. The van der Waals surface area contributed by atoms with Crippen LogP contribution in [0.4, 0.5) is 0 Å². The summed E-state index contributed by atoms with van der Waals surface area (Å²) in [7, 11) is 0. The largest absolute Gasteiger partial charge is 0.458 e. The van der Waals surface area contributed by atoms with E-state index in [1.165, 1.54) is 11.1 Å². The molecule has 1 amide bonds. The molecule has 0 aliphatic carbocycles. The molecule has 0 fully saturated rings. The Morgan fingerprint density at radius 1 is 0.912 bits per heavy atom. The van der Waals surface area contributed by atoms with Gasteiger partial charge in [-0.1, -0.05) is 74.9 Å². The predicted octanol–water partition coefficient (Wildman–Crippen LogP) is 3.79. The lowest BCUT2D eigenvalue weighted by Crippen LogP contribution is -2.45. The molecular formula is C28H38N2O4. The Hall–Kier alpha value is -2.99. The Bertz CT molecular complexity index is 896. The molecule has 2 aromatic carbocycles.